The number of nitrogens with one attached hydrogen (secondary N) is 1. The van der Waals surface area contributed by atoms with Crippen LogP contribution in [-0.2, 0) is 9.84 Å². The van der Waals surface area contributed by atoms with E-state index in [4.69, 9.17) is 16.3 Å². The maximum absolute atomic E-state index is 14.0. The van der Waals surface area contributed by atoms with Crippen molar-refractivity contribution in [1.82, 2.24) is 14.9 Å². The molecule has 182 valence electrons. The predicted molar refractivity (Wildman–Crippen MR) is 137 cm³/mol. The van der Waals surface area contributed by atoms with E-state index in [-0.39, 0.29) is 9.92 Å². The summed E-state index contributed by atoms with van der Waals surface area (Å²) in [5.41, 5.74) is 2.72. The molecule has 0 aliphatic heterocycles. The van der Waals surface area contributed by atoms with Crippen molar-refractivity contribution in [1.29, 1.82) is 0 Å². The van der Waals surface area contributed by atoms with E-state index < -0.39 is 15.7 Å². The fourth-order valence-corrected chi connectivity index (χ4v) is 4.50. The third-order valence-electron chi connectivity index (χ3n) is 5.22. The summed E-state index contributed by atoms with van der Waals surface area (Å²) in [6.07, 6.45) is 4.02. The molecule has 0 radical (unpaired) electrons. The number of likely N-dealkylation sites (N-methyl/N-ethyl adjacent to an activating group) is 1. The number of ether oxygens (including phenoxy) is 1. The molecule has 0 aliphatic rings. The van der Waals surface area contributed by atoms with Crippen LogP contribution in [0, 0.1) is 5.82 Å². The van der Waals surface area contributed by atoms with E-state index in [9.17, 15) is 12.8 Å². The molecule has 0 fully saturated rings. The fourth-order valence-electron chi connectivity index (χ4n) is 3.50. The molecule has 0 spiro atoms. The Bertz CT molecular complexity index is 1460. The molecule has 0 bridgehead atoms. The molecule has 0 atom stereocenters. The van der Waals surface area contributed by atoms with Gasteiger partial charge in [0.2, 0.25) is 5.88 Å². The van der Waals surface area contributed by atoms with Crippen molar-refractivity contribution in [3.05, 3.63) is 71.8 Å². The number of halogens is 2. The summed E-state index contributed by atoms with van der Waals surface area (Å²) in [7, 11) is 0.290. The third-order valence-corrected chi connectivity index (χ3v) is 6.55. The molecule has 7 nitrogen and oxygen atoms in total. The number of hydrogen-bond acceptors (Lipinski definition) is 7. The molecular weight excluding hydrogens is 491 g/mol. The fraction of sp³-hybridized carbons (Fsp3) is 0.200. The van der Waals surface area contributed by atoms with Gasteiger partial charge in [0.1, 0.15) is 17.3 Å². The summed E-state index contributed by atoms with van der Waals surface area (Å²) in [6, 6.07) is 13.0. The number of aromatic nitrogens is 2. The maximum Gasteiger partial charge on any atom is 0.213 e. The van der Waals surface area contributed by atoms with E-state index in [2.05, 4.69) is 15.3 Å². The Balaban J connectivity index is 1.75. The largest absolute Gasteiger partial charge is 0.476 e. The first-order valence-electron chi connectivity index (χ1n) is 10.7. The van der Waals surface area contributed by atoms with Crippen LogP contribution in [0.2, 0.25) is 5.02 Å². The van der Waals surface area contributed by atoms with E-state index in [0.717, 1.165) is 12.8 Å². The topological polar surface area (TPSA) is 84.4 Å². The Labute approximate surface area is 208 Å². The van der Waals surface area contributed by atoms with Gasteiger partial charge in [-0.15, -0.1) is 0 Å². The summed E-state index contributed by atoms with van der Waals surface area (Å²) in [5.74, 6) is -0.00138. The Kier molecular flexibility index (Phi) is 7.20. The van der Waals surface area contributed by atoms with Gasteiger partial charge in [0.15, 0.2) is 9.84 Å². The van der Waals surface area contributed by atoms with Gasteiger partial charge in [-0.2, -0.15) is 0 Å². The van der Waals surface area contributed by atoms with Crippen LogP contribution in [-0.4, -0.2) is 56.8 Å². The average Bonchev–Trinajstić information content (AvgIpc) is 2.78. The zero-order valence-corrected chi connectivity index (χ0v) is 21.0. The lowest BCUT2D eigenvalue weighted by Gasteiger charge is -2.15. The van der Waals surface area contributed by atoms with Gasteiger partial charge in [0.05, 0.1) is 23.1 Å². The first kappa shape index (κ1) is 24.8. The minimum Gasteiger partial charge on any atom is -0.476 e. The first-order valence-corrected chi connectivity index (χ1v) is 13.0. The zero-order chi connectivity index (χ0) is 25.2. The molecule has 4 rings (SSSR count). The minimum absolute atomic E-state index is 0.0331. The first-order chi connectivity index (χ1) is 16.6. The van der Waals surface area contributed by atoms with Gasteiger partial charge < -0.3 is 15.0 Å². The number of fused-ring (bicyclic) bond motifs is 1. The second-order valence-corrected chi connectivity index (χ2v) is 10.7. The number of rotatable bonds is 8. The number of benzene rings is 2. The van der Waals surface area contributed by atoms with Gasteiger partial charge in [-0.25, -0.2) is 17.8 Å². The van der Waals surface area contributed by atoms with Crippen molar-refractivity contribution < 1.29 is 17.5 Å². The SMILES string of the molecule is CN(C)CCOc1ccc(Nc2c(S(C)(=O)=O)cnc3ccc(-c4cc(F)cc(Cl)c4)cc23)cn1. The van der Waals surface area contributed by atoms with Crippen LogP contribution in [0.15, 0.2) is 65.8 Å². The highest BCUT2D eigenvalue weighted by Crippen LogP contribution is 2.35. The summed E-state index contributed by atoms with van der Waals surface area (Å²) >= 11 is 6.04. The zero-order valence-electron chi connectivity index (χ0n) is 19.4. The quantitative estimate of drug-likeness (QED) is 0.347. The highest BCUT2D eigenvalue weighted by atomic mass is 35.5. The number of sulfone groups is 1. The molecule has 2 aromatic heterocycles. The number of hydrogen-bond donors (Lipinski definition) is 1. The van der Waals surface area contributed by atoms with E-state index in [1.165, 1.54) is 18.3 Å². The van der Waals surface area contributed by atoms with Gasteiger partial charge in [0, 0.05) is 35.5 Å². The molecule has 35 heavy (non-hydrogen) atoms. The lowest BCUT2D eigenvalue weighted by Crippen LogP contribution is -2.19. The second kappa shape index (κ2) is 10.2. The van der Waals surface area contributed by atoms with Gasteiger partial charge in [-0.1, -0.05) is 17.7 Å². The van der Waals surface area contributed by atoms with Crippen LogP contribution in [0.5, 0.6) is 5.88 Å². The van der Waals surface area contributed by atoms with Crippen LogP contribution in [0.4, 0.5) is 15.8 Å². The van der Waals surface area contributed by atoms with E-state index in [1.54, 1.807) is 42.6 Å². The standard InChI is InChI=1S/C25H24ClFN4O3S/c1-31(2)8-9-34-24-7-5-20(14-29-24)30-25-21-12-16(17-10-18(26)13-19(27)11-17)4-6-22(21)28-15-23(25)35(3,32)33/h4-7,10-15H,8-9H2,1-3H3,(H,28,30). The molecule has 10 heteroatoms. The summed E-state index contributed by atoms with van der Waals surface area (Å²) in [5, 5.41) is 4.00. The molecule has 2 aromatic carbocycles. The summed E-state index contributed by atoms with van der Waals surface area (Å²) in [6.45, 7) is 1.24. The van der Waals surface area contributed by atoms with Gasteiger partial charge in [-0.05, 0) is 61.6 Å². The number of pyridine rings is 2. The molecule has 0 unspecified atom stereocenters. The van der Waals surface area contributed by atoms with E-state index >= 15 is 0 Å². The van der Waals surface area contributed by atoms with E-state index in [1.807, 2.05) is 19.0 Å². The Hall–Kier alpha value is -3.27. The van der Waals surface area contributed by atoms with Crippen LogP contribution in [0.25, 0.3) is 22.0 Å². The van der Waals surface area contributed by atoms with Gasteiger partial charge in [0.25, 0.3) is 0 Å². The maximum atomic E-state index is 14.0. The van der Waals surface area contributed by atoms with Crippen LogP contribution >= 0.6 is 11.6 Å². The van der Waals surface area contributed by atoms with Gasteiger partial charge >= 0.3 is 0 Å². The minimum atomic E-state index is -3.62. The van der Waals surface area contributed by atoms with Crippen molar-refractivity contribution in [2.75, 3.05) is 38.8 Å². The molecule has 2 heterocycles. The smallest absolute Gasteiger partial charge is 0.213 e. The highest BCUT2D eigenvalue weighted by molar-refractivity contribution is 7.90. The molecule has 0 amide bonds. The van der Waals surface area contributed by atoms with Crippen molar-refractivity contribution in [3.8, 4) is 17.0 Å². The molecule has 4 aromatic rings. The molecule has 0 saturated heterocycles. The summed E-state index contributed by atoms with van der Waals surface area (Å²) < 4.78 is 44.7. The van der Waals surface area contributed by atoms with Crippen LogP contribution < -0.4 is 10.1 Å². The third kappa shape index (κ3) is 6.05. The molecule has 1 N–H and O–H groups in total. The summed E-state index contributed by atoms with van der Waals surface area (Å²) in [4.78, 5) is 10.7. The van der Waals surface area contributed by atoms with Gasteiger partial charge in [-0.3, -0.25) is 4.98 Å². The Morgan fingerprint density at radius 1 is 1.03 bits per heavy atom. The van der Waals surface area contributed by atoms with Crippen molar-refractivity contribution in [2.45, 2.75) is 4.90 Å². The van der Waals surface area contributed by atoms with Crippen molar-refractivity contribution in [2.24, 2.45) is 0 Å². The highest BCUT2D eigenvalue weighted by Gasteiger charge is 2.18. The number of anilines is 2. The van der Waals surface area contributed by atoms with E-state index in [0.29, 0.717) is 45.9 Å². The second-order valence-electron chi connectivity index (χ2n) is 8.32. The Morgan fingerprint density at radius 2 is 1.83 bits per heavy atom. The Morgan fingerprint density at radius 3 is 2.49 bits per heavy atom. The molecule has 0 saturated carbocycles. The lowest BCUT2D eigenvalue weighted by atomic mass is 10.0. The number of nitrogens with zero attached hydrogens (tertiary/aromatic N) is 3. The monoisotopic (exact) mass is 514 g/mol. The average molecular weight is 515 g/mol. The van der Waals surface area contributed by atoms with Crippen molar-refractivity contribution in [3.63, 3.8) is 0 Å². The normalized spacial score (nSPS) is 11.7. The van der Waals surface area contributed by atoms with Crippen LogP contribution in [0.1, 0.15) is 0 Å². The van der Waals surface area contributed by atoms with Crippen LogP contribution in [0.3, 0.4) is 0 Å². The lowest BCUT2D eigenvalue weighted by molar-refractivity contribution is 0.254. The molecular formula is C25H24ClFN4O3S. The molecule has 0 aliphatic carbocycles. The van der Waals surface area contributed by atoms with Crippen molar-refractivity contribution >= 4 is 43.7 Å². The predicted octanol–water partition coefficient (Wildman–Crippen LogP) is 5.18.